The summed E-state index contributed by atoms with van der Waals surface area (Å²) in [5.74, 6) is 1.16. The third-order valence-corrected chi connectivity index (χ3v) is 4.11. The van der Waals surface area contributed by atoms with Gasteiger partial charge in [0.1, 0.15) is 6.33 Å². The summed E-state index contributed by atoms with van der Waals surface area (Å²) in [4.78, 5) is 19.2. The molecular weight excluding hydrogens is 288 g/mol. The number of rotatable bonds is 2. The van der Waals surface area contributed by atoms with E-state index >= 15 is 0 Å². The summed E-state index contributed by atoms with van der Waals surface area (Å²) in [6, 6.07) is 0. The van der Waals surface area contributed by atoms with E-state index in [1.165, 1.54) is 6.42 Å². The predicted octanol–water partition coefficient (Wildman–Crippen LogP) is 2.73. The van der Waals surface area contributed by atoms with Crippen LogP contribution in [0.2, 0.25) is 5.28 Å². The van der Waals surface area contributed by atoms with E-state index in [-0.39, 0.29) is 5.28 Å². The van der Waals surface area contributed by atoms with Crippen molar-refractivity contribution in [1.29, 1.82) is 0 Å². The van der Waals surface area contributed by atoms with Gasteiger partial charge in [-0.1, -0.05) is 13.8 Å². The smallest absolute Gasteiger partial charge is 0.241 e. The second-order valence-electron chi connectivity index (χ2n) is 6.18. The second-order valence-corrected chi connectivity index (χ2v) is 6.52. The SMILES string of the molecule is CC1(C)CCCN(c2nc(Cl)nc(-n3ccnc3)n2)CC1. The first kappa shape index (κ1) is 14.3. The van der Waals surface area contributed by atoms with Crippen LogP contribution >= 0.6 is 11.6 Å². The van der Waals surface area contributed by atoms with Gasteiger partial charge in [-0.3, -0.25) is 4.57 Å². The third kappa shape index (κ3) is 3.32. The minimum absolute atomic E-state index is 0.215. The lowest BCUT2D eigenvalue weighted by atomic mass is 9.85. The molecule has 0 unspecified atom stereocenters. The Morgan fingerprint density at radius 1 is 1.10 bits per heavy atom. The number of imidazole rings is 1. The average molecular weight is 307 g/mol. The molecule has 3 rings (SSSR count). The maximum absolute atomic E-state index is 6.06. The summed E-state index contributed by atoms with van der Waals surface area (Å²) in [6.07, 6.45) is 8.61. The molecule has 1 aliphatic rings. The summed E-state index contributed by atoms with van der Waals surface area (Å²) >= 11 is 6.06. The quantitative estimate of drug-likeness (QED) is 0.854. The van der Waals surface area contributed by atoms with Crippen LogP contribution in [0.15, 0.2) is 18.7 Å². The highest BCUT2D eigenvalue weighted by Gasteiger charge is 2.24. The summed E-state index contributed by atoms with van der Waals surface area (Å²) < 4.78 is 1.73. The predicted molar refractivity (Wildman–Crippen MR) is 81.8 cm³/mol. The highest BCUT2D eigenvalue weighted by molar-refractivity contribution is 6.28. The molecule has 1 saturated heterocycles. The summed E-state index contributed by atoms with van der Waals surface area (Å²) in [5.41, 5.74) is 0.374. The fourth-order valence-electron chi connectivity index (χ4n) is 2.59. The van der Waals surface area contributed by atoms with Crippen molar-refractivity contribution in [3.8, 4) is 5.95 Å². The highest BCUT2D eigenvalue weighted by Crippen LogP contribution is 2.31. The van der Waals surface area contributed by atoms with Gasteiger partial charge in [0.05, 0.1) is 0 Å². The van der Waals surface area contributed by atoms with Crippen molar-refractivity contribution in [2.45, 2.75) is 33.1 Å². The number of hydrogen-bond donors (Lipinski definition) is 0. The number of anilines is 1. The minimum atomic E-state index is 0.215. The molecule has 0 aromatic carbocycles. The van der Waals surface area contributed by atoms with Gasteiger partial charge in [0.2, 0.25) is 17.2 Å². The van der Waals surface area contributed by atoms with Crippen molar-refractivity contribution >= 4 is 17.5 Å². The van der Waals surface area contributed by atoms with Gasteiger partial charge < -0.3 is 4.90 Å². The largest absolute Gasteiger partial charge is 0.341 e. The van der Waals surface area contributed by atoms with Crippen molar-refractivity contribution in [3.63, 3.8) is 0 Å². The van der Waals surface area contributed by atoms with E-state index in [0.29, 0.717) is 17.3 Å². The third-order valence-electron chi connectivity index (χ3n) is 3.94. The van der Waals surface area contributed by atoms with Gasteiger partial charge in [0.25, 0.3) is 0 Å². The number of aromatic nitrogens is 5. The molecule has 0 amide bonds. The van der Waals surface area contributed by atoms with Crippen LogP contribution in [0.25, 0.3) is 5.95 Å². The average Bonchev–Trinajstić information content (AvgIpc) is 2.89. The topological polar surface area (TPSA) is 59.7 Å². The Balaban J connectivity index is 1.88. The van der Waals surface area contributed by atoms with Crippen LogP contribution in [0.4, 0.5) is 5.95 Å². The van der Waals surface area contributed by atoms with E-state index in [1.54, 1.807) is 23.3 Å². The fourth-order valence-corrected chi connectivity index (χ4v) is 2.74. The summed E-state index contributed by atoms with van der Waals surface area (Å²) in [5, 5.41) is 0.215. The number of halogens is 1. The fraction of sp³-hybridized carbons (Fsp3) is 0.571. The van der Waals surface area contributed by atoms with Gasteiger partial charge in [-0.2, -0.15) is 15.0 Å². The summed E-state index contributed by atoms with van der Waals surface area (Å²) in [7, 11) is 0. The molecule has 0 bridgehead atoms. The first-order chi connectivity index (χ1) is 10.0. The van der Waals surface area contributed by atoms with Crippen molar-refractivity contribution in [2.24, 2.45) is 5.41 Å². The van der Waals surface area contributed by atoms with Crippen molar-refractivity contribution in [3.05, 3.63) is 24.0 Å². The molecule has 112 valence electrons. The molecule has 7 heteroatoms. The molecule has 0 saturated carbocycles. The molecule has 2 aromatic heterocycles. The van der Waals surface area contributed by atoms with E-state index in [0.717, 1.165) is 25.9 Å². The Kier molecular flexibility index (Phi) is 3.80. The van der Waals surface area contributed by atoms with Gasteiger partial charge in [0, 0.05) is 25.5 Å². The van der Waals surface area contributed by atoms with Crippen molar-refractivity contribution in [1.82, 2.24) is 24.5 Å². The molecule has 0 spiro atoms. The Hall–Kier alpha value is -1.69. The second kappa shape index (κ2) is 5.60. The van der Waals surface area contributed by atoms with Crippen LogP contribution in [0.1, 0.15) is 33.1 Å². The molecular formula is C14H19ClN6. The molecule has 0 aliphatic carbocycles. The van der Waals surface area contributed by atoms with E-state index < -0.39 is 0 Å². The Bertz CT molecular complexity index is 610. The lowest BCUT2D eigenvalue weighted by Gasteiger charge is -2.23. The van der Waals surface area contributed by atoms with Crippen LogP contribution < -0.4 is 4.90 Å². The monoisotopic (exact) mass is 306 g/mol. The lowest BCUT2D eigenvalue weighted by Crippen LogP contribution is -2.27. The molecule has 1 fully saturated rings. The molecule has 1 aliphatic heterocycles. The van der Waals surface area contributed by atoms with Gasteiger partial charge in [0.15, 0.2) is 0 Å². The van der Waals surface area contributed by atoms with Crippen molar-refractivity contribution in [2.75, 3.05) is 18.0 Å². The normalized spacial score (nSPS) is 18.5. The minimum Gasteiger partial charge on any atom is -0.341 e. The number of hydrogen-bond acceptors (Lipinski definition) is 5. The molecule has 0 N–H and O–H groups in total. The maximum Gasteiger partial charge on any atom is 0.241 e. The van der Waals surface area contributed by atoms with Crippen LogP contribution in [0, 0.1) is 5.41 Å². The van der Waals surface area contributed by atoms with Crippen LogP contribution in [0.3, 0.4) is 0 Å². The van der Waals surface area contributed by atoms with Crippen LogP contribution in [-0.2, 0) is 0 Å². The molecule has 21 heavy (non-hydrogen) atoms. The first-order valence-corrected chi connectivity index (χ1v) is 7.56. The van der Waals surface area contributed by atoms with Gasteiger partial charge in [-0.25, -0.2) is 4.98 Å². The zero-order valence-corrected chi connectivity index (χ0v) is 13.1. The van der Waals surface area contributed by atoms with E-state index in [1.807, 2.05) is 0 Å². The van der Waals surface area contributed by atoms with E-state index in [2.05, 4.69) is 38.7 Å². The molecule has 0 radical (unpaired) electrons. The van der Waals surface area contributed by atoms with Crippen LogP contribution in [0.5, 0.6) is 0 Å². The standard InChI is InChI=1S/C14H19ClN6/c1-14(2)4-3-7-20(8-5-14)12-17-11(15)18-13(19-12)21-9-6-16-10-21/h6,9-10H,3-5,7-8H2,1-2H3. The Morgan fingerprint density at radius 2 is 1.90 bits per heavy atom. The van der Waals surface area contributed by atoms with Crippen molar-refractivity contribution < 1.29 is 0 Å². The number of nitrogens with zero attached hydrogens (tertiary/aromatic N) is 6. The molecule has 3 heterocycles. The zero-order valence-electron chi connectivity index (χ0n) is 12.3. The zero-order chi connectivity index (χ0) is 14.9. The van der Waals surface area contributed by atoms with E-state index in [9.17, 15) is 0 Å². The Labute approximate surface area is 129 Å². The highest BCUT2D eigenvalue weighted by atomic mass is 35.5. The molecule has 2 aromatic rings. The first-order valence-electron chi connectivity index (χ1n) is 7.18. The molecule has 6 nitrogen and oxygen atoms in total. The molecule has 0 atom stereocenters. The Morgan fingerprint density at radius 3 is 2.67 bits per heavy atom. The van der Waals surface area contributed by atoms with E-state index in [4.69, 9.17) is 11.6 Å². The van der Waals surface area contributed by atoms with Gasteiger partial charge >= 0.3 is 0 Å². The van der Waals surface area contributed by atoms with Gasteiger partial charge in [-0.05, 0) is 36.3 Å². The maximum atomic E-state index is 6.06. The van der Waals surface area contributed by atoms with Crippen LogP contribution in [-0.4, -0.2) is 37.6 Å². The summed E-state index contributed by atoms with van der Waals surface area (Å²) in [6.45, 7) is 6.52. The van der Waals surface area contributed by atoms with Gasteiger partial charge in [-0.15, -0.1) is 0 Å². The lowest BCUT2D eigenvalue weighted by molar-refractivity contribution is 0.325.